The van der Waals surface area contributed by atoms with Gasteiger partial charge in [-0.25, -0.2) is 0 Å². The smallest absolute Gasteiger partial charge is 0.303 e. The minimum Gasteiger partial charge on any atom is -0.494 e. The predicted molar refractivity (Wildman–Crippen MR) is 76.9 cm³/mol. The number of benzene rings is 1. The standard InChI is InChI=1S/C16H24O3/c1-12(2)15-9-8-14(11-13(15)3)19-10-6-4-5-7-16(17)18/h8-9,11-12H,4-7,10H2,1-3H3,(H,17,18). The summed E-state index contributed by atoms with van der Waals surface area (Å²) in [6.45, 7) is 7.13. The zero-order chi connectivity index (χ0) is 14.3. The van der Waals surface area contributed by atoms with Crippen molar-refractivity contribution in [2.75, 3.05) is 6.61 Å². The monoisotopic (exact) mass is 264 g/mol. The Morgan fingerprint density at radius 2 is 2.00 bits per heavy atom. The molecule has 0 unspecified atom stereocenters. The molecule has 0 amide bonds. The van der Waals surface area contributed by atoms with E-state index in [9.17, 15) is 4.79 Å². The average Bonchev–Trinajstić information content (AvgIpc) is 2.32. The molecule has 1 aromatic rings. The van der Waals surface area contributed by atoms with Crippen molar-refractivity contribution in [2.45, 2.75) is 52.4 Å². The molecule has 0 aromatic heterocycles. The summed E-state index contributed by atoms with van der Waals surface area (Å²) in [4.78, 5) is 10.3. The molecule has 0 aliphatic heterocycles. The molecule has 0 fully saturated rings. The van der Waals surface area contributed by atoms with E-state index in [0.717, 1.165) is 25.0 Å². The average molecular weight is 264 g/mol. The van der Waals surface area contributed by atoms with E-state index in [2.05, 4.69) is 32.9 Å². The maximum absolute atomic E-state index is 10.3. The topological polar surface area (TPSA) is 46.5 Å². The van der Waals surface area contributed by atoms with Crippen LogP contribution in [0.25, 0.3) is 0 Å². The van der Waals surface area contributed by atoms with Gasteiger partial charge in [-0.05, 0) is 55.4 Å². The van der Waals surface area contributed by atoms with E-state index in [4.69, 9.17) is 9.84 Å². The first-order chi connectivity index (χ1) is 9.00. The van der Waals surface area contributed by atoms with Crippen molar-refractivity contribution < 1.29 is 14.6 Å². The minimum absolute atomic E-state index is 0.252. The first-order valence-electron chi connectivity index (χ1n) is 6.96. The Labute approximate surface area is 115 Å². The molecule has 0 saturated heterocycles. The number of aliphatic carboxylic acids is 1. The zero-order valence-corrected chi connectivity index (χ0v) is 12.1. The predicted octanol–water partition coefficient (Wildman–Crippen LogP) is 4.14. The molecule has 3 nitrogen and oxygen atoms in total. The van der Waals surface area contributed by atoms with Crippen molar-refractivity contribution in [1.82, 2.24) is 0 Å². The molecular weight excluding hydrogens is 240 g/mol. The van der Waals surface area contributed by atoms with Gasteiger partial charge in [-0.2, -0.15) is 0 Å². The van der Waals surface area contributed by atoms with Crippen LogP contribution in [-0.2, 0) is 4.79 Å². The number of carboxylic acids is 1. The lowest BCUT2D eigenvalue weighted by atomic mass is 9.98. The van der Waals surface area contributed by atoms with Crippen LogP contribution in [0, 0.1) is 6.92 Å². The van der Waals surface area contributed by atoms with E-state index in [0.29, 0.717) is 12.5 Å². The van der Waals surface area contributed by atoms with E-state index >= 15 is 0 Å². The Hall–Kier alpha value is -1.51. The summed E-state index contributed by atoms with van der Waals surface area (Å²) in [7, 11) is 0. The van der Waals surface area contributed by atoms with Crippen molar-refractivity contribution in [3.8, 4) is 5.75 Å². The fraction of sp³-hybridized carbons (Fsp3) is 0.562. The van der Waals surface area contributed by atoms with E-state index in [1.165, 1.54) is 11.1 Å². The Balaban J connectivity index is 2.30. The number of carbonyl (C=O) groups is 1. The maximum Gasteiger partial charge on any atom is 0.303 e. The Kier molecular flexibility index (Phi) is 6.40. The van der Waals surface area contributed by atoms with Gasteiger partial charge in [0.15, 0.2) is 0 Å². The van der Waals surface area contributed by atoms with Crippen LogP contribution in [0.2, 0.25) is 0 Å². The van der Waals surface area contributed by atoms with Crippen LogP contribution in [0.15, 0.2) is 18.2 Å². The van der Waals surface area contributed by atoms with Gasteiger partial charge < -0.3 is 9.84 Å². The quantitative estimate of drug-likeness (QED) is 0.718. The molecule has 106 valence electrons. The molecular formula is C16H24O3. The third kappa shape index (κ3) is 5.77. The third-order valence-corrected chi connectivity index (χ3v) is 3.17. The van der Waals surface area contributed by atoms with Crippen molar-refractivity contribution in [1.29, 1.82) is 0 Å². The van der Waals surface area contributed by atoms with Crippen molar-refractivity contribution >= 4 is 5.97 Å². The normalized spacial score (nSPS) is 10.7. The number of ether oxygens (including phenoxy) is 1. The summed E-state index contributed by atoms with van der Waals surface area (Å²) >= 11 is 0. The van der Waals surface area contributed by atoms with E-state index in [1.807, 2.05) is 6.07 Å². The number of unbranched alkanes of at least 4 members (excludes halogenated alkanes) is 2. The number of aryl methyl sites for hydroxylation is 1. The molecule has 0 saturated carbocycles. The highest BCUT2D eigenvalue weighted by Crippen LogP contribution is 2.23. The van der Waals surface area contributed by atoms with E-state index in [1.54, 1.807) is 0 Å². The maximum atomic E-state index is 10.3. The zero-order valence-electron chi connectivity index (χ0n) is 12.1. The van der Waals surface area contributed by atoms with Gasteiger partial charge >= 0.3 is 5.97 Å². The lowest BCUT2D eigenvalue weighted by Gasteiger charge is -2.12. The Bertz CT molecular complexity index is 410. The van der Waals surface area contributed by atoms with Crippen LogP contribution in [0.4, 0.5) is 0 Å². The van der Waals surface area contributed by atoms with Gasteiger partial charge in [0.1, 0.15) is 5.75 Å². The summed E-state index contributed by atoms with van der Waals surface area (Å²) in [5, 5.41) is 8.52. The van der Waals surface area contributed by atoms with Gasteiger partial charge in [-0.3, -0.25) is 4.79 Å². The van der Waals surface area contributed by atoms with Crippen LogP contribution in [0.3, 0.4) is 0 Å². The van der Waals surface area contributed by atoms with Gasteiger partial charge in [0, 0.05) is 6.42 Å². The third-order valence-electron chi connectivity index (χ3n) is 3.17. The lowest BCUT2D eigenvalue weighted by Crippen LogP contribution is -2.00. The van der Waals surface area contributed by atoms with Gasteiger partial charge in [0.25, 0.3) is 0 Å². The van der Waals surface area contributed by atoms with Gasteiger partial charge in [-0.15, -0.1) is 0 Å². The van der Waals surface area contributed by atoms with Crippen LogP contribution < -0.4 is 4.74 Å². The number of hydrogen-bond donors (Lipinski definition) is 1. The van der Waals surface area contributed by atoms with Crippen molar-refractivity contribution in [3.63, 3.8) is 0 Å². The molecule has 0 aliphatic rings. The van der Waals surface area contributed by atoms with E-state index in [-0.39, 0.29) is 6.42 Å². The van der Waals surface area contributed by atoms with Crippen LogP contribution in [0.5, 0.6) is 5.75 Å². The molecule has 0 radical (unpaired) electrons. The molecule has 1 N–H and O–H groups in total. The second-order valence-electron chi connectivity index (χ2n) is 5.23. The fourth-order valence-electron chi connectivity index (χ4n) is 2.13. The highest BCUT2D eigenvalue weighted by molar-refractivity contribution is 5.66. The molecule has 0 spiro atoms. The summed E-state index contributed by atoms with van der Waals surface area (Å²) in [6.07, 6.45) is 2.78. The summed E-state index contributed by atoms with van der Waals surface area (Å²) < 4.78 is 5.68. The Morgan fingerprint density at radius 1 is 1.26 bits per heavy atom. The number of carboxylic acid groups (broad SMARTS) is 1. The summed E-state index contributed by atoms with van der Waals surface area (Å²) in [5.74, 6) is 0.714. The van der Waals surface area contributed by atoms with E-state index < -0.39 is 5.97 Å². The minimum atomic E-state index is -0.721. The largest absolute Gasteiger partial charge is 0.494 e. The molecule has 0 bridgehead atoms. The molecule has 0 heterocycles. The van der Waals surface area contributed by atoms with Crippen molar-refractivity contribution in [2.24, 2.45) is 0 Å². The fourth-order valence-corrected chi connectivity index (χ4v) is 2.13. The molecule has 3 heteroatoms. The van der Waals surface area contributed by atoms with Crippen LogP contribution in [-0.4, -0.2) is 17.7 Å². The summed E-state index contributed by atoms with van der Waals surface area (Å²) in [6, 6.07) is 6.21. The number of hydrogen-bond acceptors (Lipinski definition) is 2. The lowest BCUT2D eigenvalue weighted by molar-refractivity contribution is -0.137. The van der Waals surface area contributed by atoms with Gasteiger partial charge in [0.05, 0.1) is 6.61 Å². The molecule has 1 aromatic carbocycles. The van der Waals surface area contributed by atoms with Crippen molar-refractivity contribution in [3.05, 3.63) is 29.3 Å². The van der Waals surface area contributed by atoms with Gasteiger partial charge in [-0.1, -0.05) is 19.9 Å². The summed E-state index contributed by atoms with van der Waals surface area (Å²) in [5.41, 5.74) is 2.62. The second kappa shape index (κ2) is 7.82. The molecule has 1 rings (SSSR count). The first kappa shape index (κ1) is 15.5. The SMILES string of the molecule is Cc1cc(OCCCCCC(=O)O)ccc1C(C)C. The second-order valence-corrected chi connectivity index (χ2v) is 5.23. The van der Waals surface area contributed by atoms with Gasteiger partial charge in [0.2, 0.25) is 0 Å². The molecule has 0 aliphatic carbocycles. The Morgan fingerprint density at radius 3 is 2.58 bits per heavy atom. The highest BCUT2D eigenvalue weighted by atomic mass is 16.5. The van der Waals surface area contributed by atoms with Crippen LogP contribution >= 0.6 is 0 Å². The first-order valence-corrected chi connectivity index (χ1v) is 6.96. The number of rotatable bonds is 8. The molecule has 0 atom stereocenters. The highest BCUT2D eigenvalue weighted by Gasteiger charge is 2.04. The van der Waals surface area contributed by atoms with Crippen LogP contribution in [0.1, 0.15) is 56.6 Å². The molecule has 19 heavy (non-hydrogen) atoms.